The van der Waals surface area contributed by atoms with Crippen molar-refractivity contribution in [3.63, 3.8) is 0 Å². The molecule has 0 aliphatic carbocycles. The third-order valence-corrected chi connectivity index (χ3v) is 2.07. The molecule has 0 spiro atoms. The summed E-state index contributed by atoms with van der Waals surface area (Å²) in [7, 11) is 1.53. The predicted molar refractivity (Wildman–Crippen MR) is 58.9 cm³/mol. The molecular weight excluding hydrogens is 211 g/mol. The first-order valence-corrected chi connectivity index (χ1v) is 5.24. The van der Waals surface area contributed by atoms with Crippen molar-refractivity contribution in [3.8, 4) is 5.75 Å². The quantitative estimate of drug-likeness (QED) is 0.565. The number of rotatable bonds is 7. The first-order chi connectivity index (χ1) is 7.77. The maximum absolute atomic E-state index is 13.2. The summed E-state index contributed by atoms with van der Waals surface area (Å²) >= 11 is 0. The lowest BCUT2D eigenvalue weighted by Crippen LogP contribution is -2.20. The van der Waals surface area contributed by atoms with Gasteiger partial charge in [0, 0.05) is 25.3 Å². The molecule has 0 aliphatic heterocycles. The number of nitrogens with one attached hydrogen (secondary N) is 1. The first-order valence-electron chi connectivity index (χ1n) is 5.24. The molecule has 0 unspecified atom stereocenters. The third-order valence-electron chi connectivity index (χ3n) is 2.07. The summed E-state index contributed by atoms with van der Waals surface area (Å²) in [6.07, 6.45) is 1.36. The van der Waals surface area contributed by atoms with Crippen molar-refractivity contribution in [2.24, 2.45) is 0 Å². The number of nitrogens with zero attached hydrogens (tertiary/aromatic N) is 1. The maximum atomic E-state index is 13.2. The molecule has 1 aromatic heterocycles. The molecule has 0 saturated carbocycles. The van der Waals surface area contributed by atoms with Crippen LogP contribution in [0.25, 0.3) is 0 Å². The van der Waals surface area contributed by atoms with Gasteiger partial charge >= 0.3 is 0 Å². The summed E-state index contributed by atoms with van der Waals surface area (Å²) in [6.45, 7) is 4.35. The molecule has 0 saturated heterocycles. The Morgan fingerprint density at radius 3 is 3.00 bits per heavy atom. The molecule has 0 aliphatic rings. The van der Waals surface area contributed by atoms with Crippen LogP contribution in [0, 0.1) is 5.95 Å². The minimum absolute atomic E-state index is 0.420. The fourth-order valence-corrected chi connectivity index (χ4v) is 1.22. The maximum Gasteiger partial charge on any atom is 0.217 e. The van der Waals surface area contributed by atoms with E-state index in [1.807, 2.05) is 6.92 Å². The second-order valence-electron chi connectivity index (χ2n) is 3.20. The summed E-state index contributed by atoms with van der Waals surface area (Å²) in [4.78, 5) is 3.60. The van der Waals surface area contributed by atoms with Crippen LogP contribution in [-0.2, 0) is 11.3 Å². The molecule has 4 nitrogen and oxygen atoms in total. The molecule has 0 aromatic carbocycles. The molecule has 0 atom stereocenters. The van der Waals surface area contributed by atoms with Crippen LogP contribution in [-0.4, -0.2) is 31.9 Å². The molecule has 90 valence electrons. The lowest BCUT2D eigenvalue weighted by Gasteiger charge is -2.07. The van der Waals surface area contributed by atoms with Crippen molar-refractivity contribution in [1.29, 1.82) is 0 Å². The van der Waals surface area contributed by atoms with E-state index in [0.717, 1.165) is 0 Å². The summed E-state index contributed by atoms with van der Waals surface area (Å²) in [5.74, 6) is 0.0905. The molecule has 1 N–H and O–H groups in total. The lowest BCUT2D eigenvalue weighted by molar-refractivity contribution is 0.149. The zero-order valence-corrected chi connectivity index (χ0v) is 9.62. The fraction of sp³-hybridized carbons (Fsp3) is 0.545. The fourth-order valence-electron chi connectivity index (χ4n) is 1.22. The highest BCUT2D eigenvalue weighted by atomic mass is 19.1. The second kappa shape index (κ2) is 7.14. The van der Waals surface area contributed by atoms with Gasteiger partial charge in [-0.05, 0) is 13.0 Å². The summed E-state index contributed by atoms with van der Waals surface area (Å²) in [6, 6.07) is 1.63. The van der Waals surface area contributed by atoms with Crippen LogP contribution in [0.2, 0.25) is 0 Å². The van der Waals surface area contributed by atoms with E-state index in [-0.39, 0.29) is 0 Å². The number of hydrogen-bond acceptors (Lipinski definition) is 4. The highest BCUT2D eigenvalue weighted by Gasteiger charge is 2.04. The predicted octanol–water partition coefficient (Wildman–Crippen LogP) is 1.36. The van der Waals surface area contributed by atoms with E-state index in [4.69, 9.17) is 9.47 Å². The van der Waals surface area contributed by atoms with Gasteiger partial charge in [0.2, 0.25) is 5.95 Å². The van der Waals surface area contributed by atoms with Crippen molar-refractivity contribution in [1.82, 2.24) is 10.3 Å². The molecule has 1 heterocycles. The van der Waals surface area contributed by atoms with Crippen LogP contribution >= 0.6 is 0 Å². The average molecular weight is 228 g/mol. The lowest BCUT2D eigenvalue weighted by atomic mass is 10.2. The SMILES string of the molecule is CCOCCNCc1cc(OC)cnc1F. The molecule has 1 rings (SSSR count). The smallest absolute Gasteiger partial charge is 0.217 e. The van der Waals surface area contributed by atoms with E-state index < -0.39 is 5.95 Å². The summed E-state index contributed by atoms with van der Waals surface area (Å²) in [5.41, 5.74) is 0.496. The van der Waals surface area contributed by atoms with Crippen LogP contribution in [0.5, 0.6) is 5.75 Å². The Morgan fingerprint density at radius 2 is 2.31 bits per heavy atom. The Hall–Kier alpha value is -1.20. The number of aromatic nitrogens is 1. The van der Waals surface area contributed by atoms with Crippen LogP contribution in [0.1, 0.15) is 12.5 Å². The van der Waals surface area contributed by atoms with Crippen LogP contribution in [0.4, 0.5) is 4.39 Å². The number of ether oxygens (including phenoxy) is 2. The number of halogens is 1. The number of methoxy groups -OCH3 is 1. The molecule has 1 aromatic rings. The van der Waals surface area contributed by atoms with Gasteiger partial charge in [-0.25, -0.2) is 4.98 Å². The zero-order valence-electron chi connectivity index (χ0n) is 9.62. The van der Waals surface area contributed by atoms with Gasteiger partial charge in [0.25, 0.3) is 0 Å². The molecule has 0 bridgehead atoms. The topological polar surface area (TPSA) is 43.4 Å². The minimum Gasteiger partial charge on any atom is -0.495 e. The number of pyridine rings is 1. The summed E-state index contributed by atoms with van der Waals surface area (Å²) < 4.78 is 23.4. The third kappa shape index (κ3) is 4.12. The monoisotopic (exact) mass is 228 g/mol. The van der Waals surface area contributed by atoms with Crippen molar-refractivity contribution < 1.29 is 13.9 Å². The second-order valence-corrected chi connectivity index (χ2v) is 3.20. The Bertz CT molecular complexity index is 321. The van der Waals surface area contributed by atoms with Gasteiger partial charge < -0.3 is 14.8 Å². The Kier molecular flexibility index (Phi) is 5.74. The van der Waals surface area contributed by atoms with Gasteiger partial charge in [-0.15, -0.1) is 0 Å². The van der Waals surface area contributed by atoms with E-state index >= 15 is 0 Å². The standard InChI is InChI=1S/C11H17FN2O2/c1-3-16-5-4-13-7-9-6-10(15-2)8-14-11(9)12/h6,8,13H,3-5,7H2,1-2H3. The van der Waals surface area contributed by atoms with Gasteiger partial charge in [0.15, 0.2) is 0 Å². The van der Waals surface area contributed by atoms with E-state index in [0.29, 0.717) is 37.6 Å². The van der Waals surface area contributed by atoms with E-state index in [1.165, 1.54) is 13.3 Å². The molecular formula is C11H17FN2O2. The largest absolute Gasteiger partial charge is 0.495 e. The molecule has 5 heteroatoms. The highest BCUT2D eigenvalue weighted by molar-refractivity contribution is 5.24. The Balaban J connectivity index is 2.40. The highest BCUT2D eigenvalue weighted by Crippen LogP contribution is 2.13. The zero-order chi connectivity index (χ0) is 11.8. The van der Waals surface area contributed by atoms with Crippen molar-refractivity contribution in [3.05, 3.63) is 23.8 Å². The van der Waals surface area contributed by atoms with Gasteiger partial charge in [0.1, 0.15) is 5.75 Å². The Morgan fingerprint density at radius 1 is 1.50 bits per heavy atom. The van der Waals surface area contributed by atoms with Crippen LogP contribution in [0.15, 0.2) is 12.3 Å². The van der Waals surface area contributed by atoms with Gasteiger partial charge in [0.05, 0.1) is 19.9 Å². The van der Waals surface area contributed by atoms with Crippen LogP contribution in [0.3, 0.4) is 0 Å². The summed E-state index contributed by atoms with van der Waals surface area (Å²) in [5, 5.41) is 3.07. The van der Waals surface area contributed by atoms with Crippen molar-refractivity contribution in [2.45, 2.75) is 13.5 Å². The number of hydrogen-bond donors (Lipinski definition) is 1. The normalized spacial score (nSPS) is 10.4. The van der Waals surface area contributed by atoms with E-state index in [9.17, 15) is 4.39 Å². The van der Waals surface area contributed by atoms with E-state index in [1.54, 1.807) is 6.07 Å². The van der Waals surface area contributed by atoms with Crippen molar-refractivity contribution in [2.75, 3.05) is 26.9 Å². The van der Waals surface area contributed by atoms with Gasteiger partial charge in [-0.3, -0.25) is 0 Å². The van der Waals surface area contributed by atoms with Gasteiger partial charge in [-0.1, -0.05) is 0 Å². The van der Waals surface area contributed by atoms with Crippen LogP contribution < -0.4 is 10.1 Å². The molecule has 0 radical (unpaired) electrons. The van der Waals surface area contributed by atoms with E-state index in [2.05, 4.69) is 10.3 Å². The molecule has 16 heavy (non-hydrogen) atoms. The average Bonchev–Trinajstić information content (AvgIpc) is 2.31. The minimum atomic E-state index is -0.468. The Labute approximate surface area is 94.8 Å². The van der Waals surface area contributed by atoms with Crippen molar-refractivity contribution >= 4 is 0 Å². The first kappa shape index (κ1) is 12.9. The molecule has 0 fully saturated rings. The molecule has 0 amide bonds. The van der Waals surface area contributed by atoms with Gasteiger partial charge in [-0.2, -0.15) is 4.39 Å².